The van der Waals surface area contributed by atoms with Gasteiger partial charge in [0.05, 0.1) is 11.2 Å². The summed E-state index contributed by atoms with van der Waals surface area (Å²) in [6.45, 7) is 0. The Hall–Kier alpha value is -4.89. The maximum absolute atomic E-state index is 6.76. The van der Waals surface area contributed by atoms with E-state index in [0.717, 1.165) is 51.6 Å². The maximum Gasteiger partial charge on any atom is 0.159 e. The zero-order chi connectivity index (χ0) is 24.8. The van der Waals surface area contributed by atoms with Crippen LogP contribution in [0, 0.1) is 5.92 Å². The van der Waals surface area contributed by atoms with Gasteiger partial charge < -0.3 is 4.74 Å². The summed E-state index contributed by atoms with van der Waals surface area (Å²) < 4.78 is 9.04. The van der Waals surface area contributed by atoms with Crippen molar-refractivity contribution in [1.82, 2.24) is 9.55 Å². The monoisotopic (exact) mass is 486 g/mol. The molecule has 0 amide bonds. The molecular formula is C35H22N2O. The molecule has 4 aromatic rings. The van der Waals surface area contributed by atoms with Gasteiger partial charge in [-0.05, 0) is 58.1 Å². The normalized spacial score (nSPS) is 19.7. The Bertz CT molecular complexity index is 1950. The van der Waals surface area contributed by atoms with Gasteiger partial charge in [-0.15, -0.1) is 0 Å². The fourth-order valence-corrected chi connectivity index (χ4v) is 6.69. The molecule has 0 fully saturated rings. The van der Waals surface area contributed by atoms with Crippen molar-refractivity contribution in [3.63, 3.8) is 0 Å². The molecule has 3 aromatic carbocycles. The number of ether oxygens (including phenoxy) is 1. The molecule has 178 valence electrons. The third-order valence-corrected chi connectivity index (χ3v) is 8.28. The van der Waals surface area contributed by atoms with Gasteiger partial charge in [-0.3, -0.25) is 4.57 Å². The Balaban J connectivity index is 1.31. The van der Waals surface area contributed by atoms with Crippen molar-refractivity contribution < 1.29 is 4.74 Å². The zero-order valence-electron chi connectivity index (χ0n) is 20.6. The van der Waals surface area contributed by atoms with Gasteiger partial charge in [0.15, 0.2) is 11.5 Å². The summed E-state index contributed by atoms with van der Waals surface area (Å²) in [5, 5.41) is 0. The number of aromatic nitrogens is 2. The van der Waals surface area contributed by atoms with E-state index >= 15 is 0 Å². The predicted molar refractivity (Wildman–Crippen MR) is 152 cm³/mol. The third-order valence-electron chi connectivity index (χ3n) is 8.28. The van der Waals surface area contributed by atoms with Crippen molar-refractivity contribution in [2.24, 2.45) is 5.92 Å². The molecule has 1 aromatic heterocycles. The molecule has 0 saturated carbocycles. The van der Waals surface area contributed by atoms with E-state index < -0.39 is 0 Å². The Labute approximate surface area is 220 Å². The number of fused-ring (bicyclic) bond motifs is 2. The van der Waals surface area contributed by atoms with Crippen LogP contribution < -0.4 is 4.74 Å². The Morgan fingerprint density at radius 2 is 1.79 bits per heavy atom. The molecule has 1 atom stereocenters. The minimum absolute atomic E-state index is 0.270. The molecule has 38 heavy (non-hydrogen) atoms. The van der Waals surface area contributed by atoms with E-state index in [2.05, 4.69) is 108 Å². The van der Waals surface area contributed by atoms with Gasteiger partial charge in [-0.25, -0.2) is 4.98 Å². The second-order valence-electron chi connectivity index (χ2n) is 10.3. The number of hydrogen-bond donors (Lipinski definition) is 0. The first kappa shape index (κ1) is 20.2. The van der Waals surface area contributed by atoms with E-state index in [9.17, 15) is 0 Å². The Morgan fingerprint density at radius 3 is 2.74 bits per heavy atom. The Morgan fingerprint density at radius 1 is 0.868 bits per heavy atom. The van der Waals surface area contributed by atoms with Gasteiger partial charge in [0.1, 0.15) is 11.3 Å². The molecule has 0 N–H and O–H groups in total. The van der Waals surface area contributed by atoms with Crippen LogP contribution in [0.2, 0.25) is 0 Å². The summed E-state index contributed by atoms with van der Waals surface area (Å²) in [5.41, 5.74) is 13.3. The topological polar surface area (TPSA) is 27.1 Å². The lowest BCUT2D eigenvalue weighted by molar-refractivity contribution is 0.474. The van der Waals surface area contributed by atoms with Crippen molar-refractivity contribution in [3.8, 4) is 28.6 Å². The van der Waals surface area contributed by atoms with Crippen molar-refractivity contribution in [2.75, 3.05) is 0 Å². The van der Waals surface area contributed by atoms with Crippen molar-refractivity contribution in [3.05, 3.63) is 149 Å². The van der Waals surface area contributed by atoms with Crippen molar-refractivity contribution >= 4 is 16.6 Å². The molecule has 2 heterocycles. The molecule has 1 aliphatic heterocycles. The number of rotatable bonds is 2. The van der Waals surface area contributed by atoms with Crippen LogP contribution in [-0.4, -0.2) is 9.55 Å². The standard InChI is InChI=1S/C35H22N2O/c1-2-8-23(9-3-1)35-36-28-15-7-17-30-33(28)37(35)29-16-6-14-26(34(29)38-30)27-20-24-12-4-10-21-18-19-22-11-5-13-25(27)32(22)31(21)24/h1-11,13-20,32H,12H2. The molecule has 9 rings (SSSR count). The summed E-state index contributed by atoms with van der Waals surface area (Å²) in [4.78, 5) is 5.06. The fraction of sp³-hybridized carbons (Fsp3) is 0.0571. The summed E-state index contributed by atoms with van der Waals surface area (Å²) in [6.07, 6.45) is 19.2. The van der Waals surface area contributed by atoms with Crippen LogP contribution in [0.5, 0.6) is 11.5 Å². The average Bonchev–Trinajstić information content (AvgIpc) is 3.37. The molecule has 3 nitrogen and oxygen atoms in total. The average molecular weight is 487 g/mol. The van der Waals surface area contributed by atoms with Gasteiger partial charge in [0.2, 0.25) is 0 Å². The molecule has 1 unspecified atom stereocenters. The molecule has 5 aliphatic rings. The van der Waals surface area contributed by atoms with Gasteiger partial charge in [-0.1, -0.05) is 97.1 Å². The van der Waals surface area contributed by atoms with E-state index in [1.54, 1.807) is 0 Å². The zero-order valence-corrected chi connectivity index (χ0v) is 20.6. The molecule has 0 saturated heterocycles. The molecule has 3 heteroatoms. The largest absolute Gasteiger partial charge is 0.452 e. The molecule has 0 bridgehead atoms. The van der Waals surface area contributed by atoms with Gasteiger partial charge in [-0.2, -0.15) is 0 Å². The van der Waals surface area contributed by atoms with Crippen LogP contribution in [0.4, 0.5) is 0 Å². The minimum atomic E-state index is 0.270. The Kier molecular flexibility index (Phi) is 3.90. The summed E-state index contributed by atoms with van der Waals surface area (Å²) in [7, 11) is 0. The first-order valence-corrected chi connectivity index (χ1v) is 13.2. The quantitative estimate of drug-likeness (QED) is 0.250. The highest BCUT2D eigenvalue weighted by Gasteiger charge is 2.37. The van der Waals surface area contributed by atoms with E-state index in [4.69, 9.17) is 9.72 Å². The highest BCUT2D eigenvalue weighted by atomic mass is 16.5. The van der Waals surface area contributed by atoms with Gasteiger partial charge in [0, 0.05) is 17.0 Å². The van der Waals surface area contributed by atoms with Crippen LogP contribution >= 0.6 is 0 Å². The van der Waals surface area contributed by atoms with Gasteiger partial charge in [0.25, 0.3) is 0 Å². The highest BCUT2D eigenvalue weighted by molar-refractivity contribution is 5.95. The van der Waals surface area contributed by atoms with Crippen LogP contribution in [0.3, 0.4) is 0 Å². The van der Waals surface area contributed by atoms with E-state index in [1.807, 2.05) is 12.1 Å². The second-order valence-corrected chi connectivity index (χ2v) is 10.3. The smallest absolute Gasteiger partial charge is 0.159 e. The van der Waals surface area contributed by atoms with Gasteiger partial charge >= 0.3 is 0 Å². The number of allylic oxidation sites excluding steroid dienone is 14. The highest BCUT2D eigenvalue weighted by Crippen LogP contribution is 2.54. The van der Waals surface area contributed by atoms with E-state index in [0.29, 0.717) is 0 Å². The summed E-state index contributed by atoms with van der Waals surface area (Å²) in [5.74, 6) is 2.93. The number of para-hydroxylation sites is 2. The lowest BCUT2D eigenvalue weighted by Crippen LogP contribution is -2.23. The fourth-order valence-electron chi connectivity index (χ4n) is 6.69. The van der Waals surface area contributed by atoms with Crippen LogP contribution in [0.15, 0.2) is 143 Å². The van der Waals surface area contributed by atoms with Crippen molar-refractivity contribution in [1.29, 1.82) is 0 Å². The minimum Gasteiger partial charge on any atom is -0.452 e. The summed E-state index contributed by atoms with van der Waals surface area (Å²) in [6, 6.07) is 23.1. The van der Waals surface area contributed by atoms with Crippen molar-refractivity contribution in [2.45, 2.75) is 6.42 Å². The molecule has 0 radical (unpaired) electrons. The number of benzene rings is 3. The first-order valence-electron chi connectivity index (χ1n) is 13.2. The van der Waals surface area contributed by atoms with Crippen LogP contribution in [0.1, 0.15) is 12.0 Å². The lowest BCUT2D eigenvalue weighted by Gasteiger charge is -2.38. The predicted octanol–water partition coefficient (Wildman–Crippen LogP) is 8.43. The number of imidazole rings is 1. The summed E-state index contributed by atoms with van der Waals surface area (Å²) >= 11 is 0. The maximum atomic E-state index is 6.76. The second kappa shape index (κ2) is 7.33. The third kappa shape index (κ3) is 2.60. The van der Waals surface area contributed by atoms with Crippen LogP contribution in [-0.2, 0) is 0 Å². The number of nitrogens with zero attached hydrogens (tertiary/aromatic N) is 2. The first-order chi connectivity index (χ1) is 18.8. The number of hydrogen-bond acceptors (Lipinski definition) is 2. The lowest BCUT2D eigenvalue weighted by atomic mass is 9.66. The van der Waals surface area contributed by atoms with E-state index in [1.165, 1.54) is 33.4 Å². The molecular weight excluding hydrogens is 464 g/mol. The molecule has 0 spiro atoms. The van der Waals surface area contributed by atoms with Crippen LogP contribution in [0.25, 0.3) is 33.7 Å². The van der Waals surface area contributed by atoms with E-state index in [-0.39, 0.29) is 5.92 Å². The molecule has 4 aliphatic carbocycles. The SMILES string of the molecule is C1=CC2=CC=C3C=CCC4=C3C2C(=C1)C(c1cccc2c1Oc1cccc3nc(-c5ccccc5)n-2c13)=C4.